The van der Waals surface area contributed by atoms with E-state index in [1.165, 1.54) is 12.0 Å². The number of amides is 1. The third-order valence-corrected chi connectivity index (χ3v) is 2.69. The van der Waals surface area contributed by atoms with Crippen LogP contribution in [-0.2, 0) is 11.2 Å². The molecule has 0 aromatic heterocycles. The van der Waals surface area contributed by atoms with Crippen LogP contribution in [0.2, 0.25) is 0 Å². The molecule has 0 atom stereocenters. The molecule has 1 amide bonds. The summed E-state index contributed by atoms with van der Waals surface area (Å²) in [5.41, 5.74) is 0.993. The number of carbonyl (C=O) groups excluding carboxylic acids is 1. The maximum absolute atomic E-state index is 11.3. The van der Waals surface area contributed by atoms with E-state index in [1.807, 2.05) is 18.2 Å². The van der Waals surface area contributed by atoms with Gasteiger partial charge in [0.2, 0.25) is 0 Å². The number of carbonyl (C=O) groups is 1. The smallest absolute Gasteiger partial charge is 0.409 e. The van der Waals surface area contributed by atoms with E-state index in [2.05, 4.69) is 4.74 Å². The molecule has 0 heterocycles. The van der Waals surface area contributed by atoms with E-state index in [4.69, 9.17) is 9.47 Å². The van der Waals surface area contributed by atoms with Crippen molar-refractivity contribution in [3.8, 4) is 11.5 Å². The summed E-state index contributed by atoms with van der Waals surface area (Å²) in [5.74, 6) is 1.56. The highest BCUT2D eigenvalue weighted by Gasteiger charge is 2.10. The molecule has 5 nitrogen and oxygen atoms in total. The predicted octanol–water partition coefficient (Wildman–Crippen LogP) is 1.94. The molecule has 0 saturated heterocycles. The van der Waals surface area contributed by atoms with Gasteiger partial charge in [0.25, 0.3) is 0 Å². The highest BCUT2D eigenvalue weighted by Crippen LogP contribution is 2.24. The van der Waals surface area contributed by atoms with Crippen LogP contribution in [0.4, 0.5) is 4.79 Å². The van der Waals surface area contributed by atoms with Crippen molar-refractivity contribution >= 4 is 6.09 Å². The number of likely N-dealkylation sites (N-methyl/N-ethyl adjacent to an activating group) is 1. The molecule has 5 heteroatoms. The first-order chi connectivity index (χ1) is 8.62. The summed E-state index contributed by atoms with van der Waals surface area (Å²) < 4.78 is 15.1. The molecule has 0 spiro atoms. The SMILES string of the molecule is COC(=O)N(C)CCc1cc(OC)ccc1OC. The zero-order chi connectivity index (χ0) is 13.5. The first-order valence-electron chi connectivity index (χ1n) is 5.62. The lowest BCUT2D eigenvalue weighted by atomic mass is 10.1. The summed E-state index contributed by atoms with van der Waals surface area (Å²) >= 11 is 0. The van der Waals surface area contributed by atoms with Crippen molar-refractivity contribution in [2.24, 2.45) is 0 Å². The van der Waals surface area contributed by atoms with Crippen LogP contribution in [0.3, 0.4) is 0 Å². The Labute approximate surface area is 107 Å². The Morgan fingerprint density at radius 2 is 1.94 bits per heavy atom. The standard InChI is InChI=1S/C13H19NO4/c1-14(13(15)18-4)8-7-10-9-11(16-2)5-6-12(10)17-3/h5-6,9H,7-8H2,1-4H3. The Balaban J connectivity index is 2.73. The fraction of sp³-hybridized carbons (Fsp3) is 0.462. The quantitative estimate of drug-likeness (QED) is 0.804. The van der Waals surface area contributed by atoms with Gasteiger partial charge in [0.05, 0.1) is 21.3 Å². The summed E-state index contributed by atoms with van der Waals surface area (Å²) in [4.78, 5) is 12.8. The molecule has 0 aliphatic rings. The second-order valence-electron chi connectivity index (χ2n) is 3.82. The van der Waals surface area contributed by atoms with Crippen LogP contribution in [0.25, 0.3) is 0 Å². The van der Waals surface area contributed by atoms with E-state index >= 15 is 0 Å². The molecule has 0 radical (unpaired) electrons. The third kappa shape index (κ3) is 3.55. The van der Waals surface area contributed by atoms with E-state index in [-0.39, 0.29) is 6.09 Å². The van der Waals surface area contributed by atoms with E-state index in [1.54, 1.807) is 21.3 Å². The van der Waals surface area contributed by atoms with E-state index in [9.17, 15) is 4.79 Å². The van der Waals surface area contributed by atoms with Crippen LogP contribution in [-0.4, -0.2) is 45.9 Å². The Hall–Kier alpha value is -1.91. The van der Waals surface area contributed by atoms with Crippen LogP contribution in [0.1, 0.15) is 5.56 Å². The number of benzene rings is 1. The molecule has 0 fully saturated rings. The zero-order valence-electron chi connectivity index (χ0n) is 11.2. The normalized spacial score (nSPS) is 9.78. The fourth-order valence-corrected chi connectivity index (χ4v) is 1.61. The maximum Gasteiger partial charge on any atom is 0.409 e. The van der Waals surface area contributed by atoms with Crippen molar-refractivity contribution in [2.75, 3.05) is 34.9 Å². The molecule has 18 heavy (non-hydrogen) atoms. The van der Waals surface area contributed by atoms with Crippen LogP contribution < -0.4 is 9.47 Å². The molecule has 0 bridgehead atoms. The van der Waals surface area contributed by atoms with Gasteiger partial charge in [0, 0.05) is 13.6 Å². The molecule has 0 N–H and O–H groups in total. The van der Waals surface area contributed by atoms with Gasteiger partial charge in [0.15, 0.2) is 0 Å². The van der Waals surface area contributed by atoms with Crippen molar-refractivity contribution in [1.82, 2.24) is 4.90 Å². The van der Waals surface area contributed by atoms with Crippen molar-refractivity contribution < 1.29 is 19.0 Å². The summed E-state index contributed by atoms with van der Waals surface area (Å²) in [6.07, 6.45) is 0.322. The zero-order valence-corrected chi connectivity index (χ0v) is 11.2. The Morgan fingerprint density at radius 3 is 2.50 bits per heavy atom. The lowest BCUT2D eigenvalue weighted by Gasteiger charge is -2.16. The molecule has 0 unspecified atom stereocenters. The molecule has 1 aromatic carbocycles. The average molecular weight is 253 g/mol. The van der Waals surface area contributed by atoms with Gasteiger partial charge < -0.3 is 19.1 Å². The lowest BCUT2D eigenvalue weighted by molar-refractivity contribution is 0.134. The van der Waals surface area contributed by atoms with Crippen molar-refractivity contribution in [3.63, 3.8) is 0 Å². The molecule has 0 aliphatic heterocycles. The monoisotopic (exact) mass is 253 g/mol. The Bertz CT molecular complexity index is 406. The van der Waals surface area contributed by atoms with Gasteiger partial charge in [-0.1, -0.05) is 0 Å². The Kier molecular flexibility index (Phi) is 5.30. The molecular formula is C13H19NO4. The molecule has 1 rings (SSSR count). The first kappa shape index (κ1) is 14.2. The second-order valence-corrected chi connectivity index (χ2v) is 3.82. The fourth-order valence-electron chi connectivity index (χ4n) is 1.61. The Morgan fingerprint density at radius 1 is 1.22 bits per heavy atom. The predicted molar refractivity (Wildman–Crippen MR) is 68.3 cm³/mol. The van der Waals surface area contributed by atoms with Crippen LogP contribution in [0.15, 0.2) is 18.2 Å². The highest BCUT2D eigenvalue weighted by molar-refractivity contribution is 5.66. The van der Waals surface area contributed by atoms with Gasteiger partial charge in [-0.25, -0.2) is 4.79 Å². The van der Waals surface area contributed by atoms with Crippen LogP contribution in [0, 0.1) is 0 Å². The summed E-state index contributed by atoms with van der Waals surface area (Å²) in [7, 11) is 6.30. The number of nitrogens with zero attached hydrogens (tertiary/aromatic N) is 1. The minimum atomic E-state index is -0.350. The second kappa shape index (κ2) is 6.74. The molecular weight excluding hydrogens is 234 g/mol. The minimum Gasteiger partial charge on any atom is -0.497 e. The maximum atomic E-state index is 11.3. The van der Waals surface area contributed by atoms with Crippen molar-refractivity contribution in [2.45, 2.75) is 6.42 Å². The lowest BCUT2D eigenvalue weighted by Crippen LogP contribution is -2.28. The van der Waals surface area contributed by atoms with E-state index in [0.29, 0.717) is 13.0 Å². The van der Waals surface area contributed by atoms with Gasteiger partial charge in [-0.2, -0.15) is 0 Å². The highest BCUT2D eigenvalue weighted by atomic mass is 16.5. The number of ether oxygens (including phenoxy) is 3. The third-order valence-electron chi connectivity index (χ3n) is 2.69. The number of methoxy groups -OCH3 is 3. The van der Waals surface area contributed by atoms with Gasteiger partial charge in [-0.15, -0.1) is 0 Å². The summed E-state index contributed by atoms with van der Waals surface area (Å²) in [5, 5.41) is 0. The van der Waals surface area contributed by atoms with Gasteiger partial charge in [-0.05, 0) is 30.2 Å². The largest absolute Gasteiger partial charge is 0.497 e. The molecule has 1 aromatic rings. The van der Waals surface area contributed by atoms with Crippen LogP contribution >= 0.6 is 0 Å². The minimum absolute atomic E-state index is 0.350. The van der Waals surface area contributed by atoms with E-state index < -0.39 is 0 Å². The molecule has 0 aliphatic carbocycles. The first-order valence-corrected chi connectivity index (χ1v) is 5.62. The number of rotatable bonds is 5. The van der Waals surface area contributed by atoms with Crippen molar-refractivity contribution in [3.05, 3.63) is 23.8 Å². The van der Waals surface area contributed by atoms with E-state index in [0.717, 1.165) is 17.1 Å². The number of hydrogen-bond acceptors (Lipinski definition) is 4. The summed E-state index contributed by atoms with van der Waals surface area (Å²) in [6, 6.07) is 5.60. The van der Waals surface area contributed by atoms with Gasteiger partial charge in [0.1, 0.15) is 11.5 Å². The molecule has 0 saturated carbocycles. The topological polar surface area (TPSA) is 48.0 Å². The van der Waals surface area contributed by atoms with Crippen LogP contribution in [0.5, 0.6) is 11.5 Å². The van der Waals surface area contributed by atoms with Crippen molar-refractivity contribution in [1.29, 1.82) is 0 Å². The molecule has 100 valence electrons. The van der Waals surface area contributed by atoms with Gasteiger partial charge in [-0.3, -0.25) is 0 Å². The van der Waals surface area contributed by atoms with Gasteiger partial charge >= 0.3 is 6.09 Å². The summed E-state index contributed by atoms with van der Waals surface area (Å²) in [6.45, 7) is 0.552. The number of hydrogen-bond donors (Lipinski definition) is 0. The average Bonchev–Trinajstić information content (AvgIpc) is 2.43.